The van der Waals surface area contributed by atoms with E-state index in [4.69, 9.17) is 9.47 Å². The third-order valence-corrected chi connectivity index (χ3v) is 9.58. The number of rotatable bonds is 7. The van der Waals surface area contributed by atoms with Gasteiger partial charge in [-0.25, -0.2) is 13.2 Å². The van der Waals surface area contributed by atoms with Crippen LogP contribution >= 0.6 is 0 Å². The summed E-state index contributed by atoms with van der Waals surface area (Å²) in [6.07, 6.45) is 4.16. The molecule has 40 heavy (non-hydrogen) atoms. The predicted octanol–water partition coefficient (Wildman–Crippen LogP) is 7.94. The molecular formula is C33H33F3O4. The summed E-state index contributed by atoms with van der Waals surface area (Å²) in [5.41, 5.74) is 2.61. The van der Waals surface area contributed by atoms with Gasteiger partial charge in [-0.2, -0.15) is 0 Å². The van der Waals surface area contributed by atoms with E-state index in [1.165, 1.54) is 6.07 Å². The summed E-state index contributed by atoms with van der Waals surface area (Å²) in [6, 6.07) is 11.5. The zero-order chi connectivity index (χ0) is 28.4. The van der Waals surface area contributed by atoms with Crippen LogP contribution in [0.25, 0.3) is 11.1 Å². The van der Waals surface area contributed by atoms with Gasteiger partial charge in [0.15, 0.2) is 11.6 Å². The molecular weight excluding hydrogens is 517 g/mol. The summed E-state index contributed by atoms with van der Waals surface area (Å²) in [7, 11) is 1.55. The topological polar surface area (TPSA) is 55.8 Å². The van der Waals surface area contributed by atoms with Gasteiger partial charge in [0.2, 0.25) is 0 Å². The number of carbonyl (C=O) groups is 1. The first-order valence-corrected chi connectivity index (χ1v) is 13.9. The average molecular weight is 551 g/mol. The molecule has 3 atom stereocenters. The maximum absolute atomic E-state index is 15.7. The van der Waals surface area contributed by atoms with Gasteiger partial charge in [-0.05, 0) is 83.9 Å². The lowest BCUT2D eigenvalue weighted by Crippen LogP contribution is -2.17. The highest BCUT2D eigenvalue weighted by molar-refractivity contribution is 5.78. The number of ether oxygens (including phenoxy) is 2. The summed E-state index contributed by atoms with van der Waals surface area (Å²) in [5.74, 6) is -2.70. The highest BCUT2D eigenvalue weighted by atomic mass is 19.1. The van der Waals surface area contributed by atoms with E-state index in [1.807, 2.05) is 18.2 Å². The average Bonchev–Trinajstić information content (AvgIpc) is 3.36. The van der Waals surface area contributed by atoms with Crippen molar-refractivity contribution in [3.05, 3.63) is 82.2 Å². The van der Waals surface area contributed by atoms with Crippen molar-refractivity contribution in [1.82, 2.24) is 0 Å². The molecule has 0 heterocycles. The molecule has 210 valence electrons. The Morgan fingerprint density at radius 1 is 1.02 bits per heavy atom. The maximum atomic E-state index is 15.7. The second-order valence-electron chi connectivity index (χ2n) is 12.3. The molecule has 3 aromatic carbocycles. The normalized spacial score (nSPS) is 24.2. The Morgan fingerprint density at radius 3 is 2.50 bits per heavy atom. The van der Waals surface area contributed by atoms with Gasteiger partial charge in [0.1, 0.15) is 24.0 Å². The molecule has 0 radical (unpaired) electrons. The molecule has 2 fully saturated rings. The maximum Gasteiger partial charge on any atom is 0.307 e. The van der Waals surface area contributed by atoms with Crippen LogP contribution in [0.5, 0.6) is 11.5 Å². The first-order chi connectivity index (χ1) is 19.1. The minimum absolute atomic E-state index is 0.00841. The van der Waals surface area contributed by atoms with E-state index in [0.29, 0.717) is 30.6 Å². The van der Waals surface area contributed by atoms with Crippen LogP contribution in [0.1, 0.15) is 74.1 Å². The minimum atomic E-state index is -0.978. The van der Waals surface area contributed by atoms with E-state index in [9.17, 15) is 9.90 Å². The summed E-state index contributed by atoms with van der Waals surface area (Å²) in [4.78, 5) is 11.6. The van der Waals surface area contributed by atoms with Crippen molar-refractivity contribution >= 4 is 5.97 Å². The van der Waals surface area contributed by atoms with Crippen LogP contribution < -0.4 is 9.47 Å². The van der Waals surface area contributed by atoms with Crippen molar-refractivity contribution in [2.75, 3.05) is 7.11 Å². The number of hydrogen-bond acceptors (Lipinski definition) is 3. The molecule has 3 aromatic rings. The molecule has 0 bridgehead atoms. The summed E-state index contributed by atoms with van der Waals surface area (Å²) in [6.45, 7) is 4.44. The van der Waals surface area contributed by atoms with E-state index < -0.39 is 28.9 Å². The molecule has 1 N–H and O–H groups in total. The molecule has 3 aliphatic rings. The summed E-state index contributed by atoms with van der Waals surface area (Å²) < 4.78 is 57.0. The second kappa shape index (κ2) is 9.57. The zero-order valence-corrected chi connectivity index (χ0v) is 23.0. The van der Waals surface area contributed by atoms with Crippen molar-refractivity contribution in [2.45, 2.75) is 70.3 Å². The summed E-state index contributed by atoms with van der Waals surface area (Å²) in [5, 5.41) is 9.51. The Labute approximate surface area is 232 Å². The number of halogens is 3. The first-order valence-electron chi connectivity index (χ1n) is 13.9. The fourth-order valence-electron chi connectivity index (χ4n) is 7.30. The SMILES string of the molecule is COc1ccc(F)c(-c2ccc(COc3cc(F)c4c(c3F)[C@@]3(CC4)C[C@H]3C(=O)O)cc2[C@H]2CCCC2(C)C)c1. The molecule has 6 rings (SSSR count). The second-order valence-corrected chi connectivity index (χ2v) is 12.3. The van der Waals surface area contributed by atoms with E-state index in [0.717, 1.165) is 42.0 Å². The van der Waals surface area contributed by atoms with Gasteiger partial charge in [-0.1, -0.05) is 38.5 Å². The van der Waals surface area contributed by atoms with Gasteiger partial charge in [0, 0.05) is 22.6 Å². The van der Waals surface area contributed by atoms with Gasteiger partial charge >= 0.3 is 5.97 Å². The van der Waals surface area contributed by atoms with Crippen LogP contribution in [0.15, 0.2) is 42.5 Å². The lowest BCUT2D eigenvalue weighted by molar-refractivity contribution is -0.139. The lowest BCUT2D eigenvalue weighted by Gasteiger charge is -2.30. The Morgan fingerprint density at radius 2 is 1.82 bits per heavy atom. The van der Waals surface area contributed by atoms with Gasteiger partial charge in [-0.15, -0.1) is 0 Å². The molecule has 1 spiro atoms. The number of methoxy groups -OCH3 is 1. The van der Waals surface area contributed by atoms with E-state index >= 15 is 13.2 Å². The monoisotopic (exact) mass is 550 g/mol. The molecule has 0 saturated heterocycles. The Hall–Kier alpha value is -3.48. The largest absolute Gasteiger partial charge is 0.497 e. The third kappa shape index (κ3) is 4.25. The molecule has 0 aromatic heterocycles. The Kier molecular flexibility index (Phi) is 6.39. The van der Waals surface area contributed by atoms with Crippen LogP contribution in [-0.2, 0) is 23.2 Å². The fraction of sp³-hybridized carbons (Fsp3) is 0.424. The molecule has 0 unspecified atom stereocenters. The highest BCUT2D eigenvalue weighted by Gasteiger charge is 2.63. The Bertz CT molecular complexity index is 1510. The Balaban J connectivity index is 1.35. The van der Waals surface area contributed by atoms with E-state index in [2.05, 4.69) is 13.8 Å². The van der Waals surface area contributed by atoms with Gasteiger partial charge in [-0.3, -0.25) is 4.79 Å². The molecule has 3 aliphatic carbocycles. The number of benzene rings is 3. The number of hydrogen-bond donors (Lipinski definition) is 1. The molecule has 4 nitrogen and oxygen atoms in total. The molecule has 7 heteroatoms. The van der Waals surface area contributed by atoms with Crippen molar-refractivity contribution in [3.8, 4) is 22.6 Å². The van der Waals surface area contributed by atoms with Crippen LogP contribution in [-0.4, -0.2) is 18.2 Å². The quantitative estimate of drug-likeness (QED) is 0.325. The zero-order valence-electron chi connectivity index (χ0n) is 23.0. The predicted molar refractivity (Wildman–Crippen MR) is 145 cm³/mol. The molecule has 0 amide bonds. The molecule has 2 saturated carbocycles. The van der Waals surface area contributed by atoms with Crippen molar-refractivity contribution in [2.24, 2.45) is 11.3 Å². The van der Waals surface area contributed by atoms with E-state index in [-0.39, 0.29) is 40.6 Å². The van der Waals surface area contributed by atoms with Gasteiger partial charge in [0.05, 0.1) is 13.0 Å². The fourth-order valence-corrected chi connectivity index (χ4v) is 7.30. The number of fused-ring (bicyclic) bond motifs is 2. The van der Waals surface area contributed by atoms with E-state index in [1.54, 1.807) is 19.2 Å². The number of carboxylic acids is 1. The minimum Gasteiger partial charge on any atom is -0.497 e. The third-order valence-electron chi connectivity index (χ3n) is 9.58. The van der Waals surface area contributed by atoms with Crippen molar-refractivity contribution in [3.63, 3.8) is 0 Å². The van der Waals surface area contributed by atoms with Crippen LogP contribution in [0, 0.1) is 28.8 Å². The smallest absolute Gasteiger partial charge is 0.307 e. The van der Waals surface area contributed by atoms with Crippen LogP contribution in [0.3, 0.4) is 0 Å². The highest BCUT2D eigenvalue weighted by Crippen LogP contribution is 2.63. The van der Waals surface area contributed by atoms with Gasteiger partial charge < -0.3 is 14.6 Å². The first kappa shape index (κ1) is 26.7. The van der Waals surface area contributed by atoms with Crippen LogP contribution in [0.4, 0.5) is 13.2 Å². The summed E-state index contributed by atoms with van der Waals surface area (Å²) >= 11 is 0. The van der Waals surface area contributed by atoms with Crippen molar-refractivity contribution < 1.29 is 32.5 Å². The molecule has 0 aliphatic heterocycles. The lowest BCUT2D eigenvalue weighted by atomic mass is 9.75. The van der Waals surface area contributed by atoms with Crippen molar-refractivity contribution in [1.29, 1.82) is 0 Å². The number of carboxylic acid groups (broad SMARTS) is 1. The van der Waals surface area contributed by atoms with Crippen LogP contribution in [0.2, 0.25) is 0 Å². The number of aliphatic carboxylic acids is 1. The standard InChI is InChI=1S/C33H33F3O4/c1-32(2)11-4-5-24(32)22-13-18(6-8-20(22)23-14-19(39-3)7-9-26(23)34)17-40-28-15-27(35)21-10-12-33(29(21)30(28)36)16-25(33)31(37)38/h6-9,13-15,24-25H,4-5,10-12,16-17H2,1-3H3,(H,37,38)/t24-,25+,33+/m1/s1. The van der Waals surface area contributed by atoms with Gasteiger partial charge in [0.25, 0.3) is 0 Å².